The molecular weight excluding hydrogens is 619 g/mol. The molecule has 0 spiro atoms. The molecule has 3 fully saturated rings. The number of piperidine rings is 1. The number of carbonyl (C=O) groups excluding carboxylic acids is 4. The van der Waals surface area contributed by atoms with Crippen LogP contribution in [0.25, 0.3) is 0 Å². The SMILES string of the molecule is COC(=O)C1CCN(c2cc(C(F)(F)F)ccc2[C@H]2CN(C(=O)OC(C)(C)C)C[C@@H]2C(=O)N2C(=O)OC[C@H]2Cc2ccccc2)CC1. The summed E-state index contributed by atoms with van der Waals surface area (Å²) in [6.45, 7) is 5.57. The lowest BCUT2D eigenvalue weighted by atomic mass is 9.85. The molecule has 5 rings (SSSR count). The van der Waals surface area contributed by atoms with Gasteiger partial charge in [0.15, 0.2) is 0 Å². The number of amides is 3. The molecule has 0 radical (unpaired) electrons. The zero-order valence-electron chi connectivity index (χ0n) is 26.9. The number of carbonyl (C=O) groups is 4. The molecule has 3 aliphatic rings. The lowest BCUT2D eigenvalue weighted by Crippen LogP contribution is -2.45. The van der Waals surface area contributed by atoms with Crippen LogP contribution >= 0.6 is 0 Å². The average molecular weight is 660 g/mol. The predicted octanol–water partition coefficient (Wildman–Crippen LogP) is 5.64. The van der Waals surface area contributed by atoms with Gasteiger partial charge >= 0.3 is 24.3 Å². The van der Waals surface area contributed by atoms with Gasteiger partial charge in [0.05, 0.1) is 30.6 Å². The summed E-state index contributed by atoms with van der Waals surface area (Å²) in [5.74, 6) is -3.06. The fourth-order valence-corrected chi connectivity index (χ4v) is 6.62. The van der Waals surface area contributed by atoms with Crippen LogP contribution in [0.4, 0.5) is 28.4 Å². The Morgan fingerprint density at radius 1 is 0.979 bits per heavy atom. The fraction of sp³-hybridized carbons (Fsp3) is 0.529. The van der Waals surface area contributed by atoms with Crippen molar-refractivity contribution in [1.82, 2.24) is 9.80 Å². The third kappa shape index (κ3) is 7.65. The van der Waals surface area contributed by atoms with Gasteiger partial charge in [-0.1, -0.05) is 36.4 Å². The smallest absolute Gasteiger partial charge is 0.416 e. The summed E-state index contributed by atoms with van der Waals surface area (Å²) in [5.41, 5.74) is -0.0972. The minimum Gasteiger partial charge on any atom is -0.469 e. The quantitative estimate of drug-likeness (QED) is 0.290. The maximum Gasteiger partial charge on any atom is 0.416 e. The van der Waals surface area contributed by atoms with Gasteiger partial charge in [-0.25, -0.2) is 14.5 Å². The van der Waals surface area contributed by atoms with Gasteiger partial charge in [-0.05, 0) is 63.3 Å². The lowest BCUT2D eigenvalue weighted by molar-refractivity contribution is -0.146. The van der Waals surface area contributed by atoms with Gasteiger partial charge in [-0.15, -0.1) is 0 Å². The molecule has 0 unspecified atom stereocenters. The molecule has 254 valence electrons. The van der Waals surface area contributed by atoms with Crippen LogP contribution < -0.4 is 4.90 Å². The molecular formula is C34H40F3N3O7. The number of esters is 1. The lowest BCUT2D eigenvalue weighted by Gasteiger charge is -2.36. The summed E-state index contributed by atoms with van der Waals surface area (Å²) in [6.07, 6.45) is -5.00. The Kier molecular flexibility index (Phi) is 9.74. The number of likely N-dealkylation sites (tertiary alicyclic amines) is 1. The van der Waals surface area contributed by atoms with Crippen molar-refractivity contribution < 1.29 is 46.6 Å². The van der Waals surface area contributed by atoms with Crippen molar-refractivity contribution in [3.8, 4) is 0 Å². The Labute approximate surface area is 271 Å². The summed E-state index contributed by atoms with van der Waals surface area (Å²) in [5, 5.41) is 0. The maximum absolute atomic E-state index is 14.4. The third-order valence-corrected chi connectivity index (χ3v) is 8.93. The number of anilines is 1. The molecule has 47 heavy (non-hydrogen) atoms. The van der Waals surface area contributed by atoms with E-state index < -0.39 is 53.3 Å². The van der Waals surface area contributed by atoms with E-state index in [4.69, 9.17) is 14.2 Å². The van der Waals surface area contributed by atoms with Crippen LogP contribution in [0.2, 0.25) is 0 Å². The average Bonchev–Trinajstić information content (AvgIpc) is 3.63. The van der Waals surface area contributed by atoms with Crippen LogP contribution in [-0.2, 0) is 36.4 Å². The van der Waals surface area contributed by atoms with Crippen LogP contribution in [0.1, 0.15) is 56.2 Å². The normalized spacial score (nSPS) is 22.3. The Bertz CT molecular complexity index is 1490. The number of halogens is 3. The zero-order chi connectivity index (χ0) is 34.1. The highest BCUT2D eigenvalue weighted by Crippen LogP contribution is 2.43. The Morgan fingerprint density at radius 3 is 2.28 bits per heavy atom. The van der Waals surface area contributed by atoms with Crippen LogP contribution in [-0.4, -0.2) is 85.4 Å². The van der Waals surface area contributed by atoms with E-state index in [0.717, 1.165) is 22.6 Å². The molecule has 2 aromatic carbocycles. The number of cyclic esters (lactones) is 1. The highest BCUT2D eigenvalue weighted by Gasteiger charge is 2.49. The molecule has 3 aliphatic heterocycles. The molecule has 10 nitrogen and oxygen atoms in total. The number of alkyl halides is 3. The second kappa shape index (κ2) is 13.4. The minimum atomic E-state index is -4.63. The standard InChI is InChI=1S/C34H40F3N3O7/c1-33(2,3)47-31(43)39-18-26(27(19-39)29(41)40-24(20-46-32(40)44)16-21-8-6-5-7-9-21)25-11-10-23(34(35,36)37)17-28(25)38-14-12-22(13-15-38)30(42)45-4/h5-11,17,22,24,26-27H,12-16,18-20H2,1-4H3/t24-,26-,27+/m1/s1. The molecule has 0 bridgehead atoms. The van der Waals surface area contributed by atoms with Crippen LogP contribution in [0.5, 0.6) is 0 Å². The number of methoxy groups -OCH3 is 1. The molecule has 3 atom stereocenters. The van der Waals surface area contributed by atoms with E-state index in [9.17, 15) is 32.3 Å². The number of imide groups is 1. The van der Waals surface area contributed by atoms with E-state index in [1.165, 1.54) is 18.1 Å². The summed E-state index contributed by atoms with van der Waals surface area (Å²) >= 11 is 0. The first-order chi connectivity index (χ1) is 22.2. The third-order valence-electron chi connectivity index (χ3n) is 8.93. The number of rotatable bonds is 6. The highest BCUT2D eigenvalue weighted by atomic mass is 19.4. The van der Waals surface area contributed by atoms with E-state index in [0.29, 0.717) is 24.8 Å². The van der Waals surface area contributed by atoms with E-state index in [2.05, 4.69) is 0 Å². The molecule has 3 amide bonds. The van der Waals surface area contributed by atoms with E-state index in [-0.39, 0.29) is 50.4 Å². The first kappa shape index (κ1) is 34.1. The number of ether oxygens (including phenoxy) is 3. The minimum absolute atomic E-state index is 0.00664. The maximum atomic E-state index is 14.4. The van der Waals surface area contributed by atoms with Gasteiger partial charge in [-0.3, -0.25) is 9.59 Å². The van der Waals surface area contributed by atoms with Crippen molar-refractivity contribution in [2.24, 2.45) is 11.8 Å². The molecule has 13 heteroatoms. The Hall–Kier alpha value is -4.29. The summed E-state index contributed by atoms with van der Waals surface area (Å²) in [6, 6.07) is 12.1. The van der Waals surface area contributed by atoms with Crippen LogP contribution in [0.3, 0.4) is 0 Å². The van der Waals surface area contributed by atoms with Crippen molar-refractivity contribution in [2.75, 3.05) is 44.8 Å². The first-order valence-electron chi connectivity index (χ1n) is 15.7. The second-order valence-electron chi connectivity index (χ2n) is 13.3. The summed E-state index contributed by atoms with van der Waals surface area (Å²) in [7, 11) is 1.30. The van der Waals surface area contributed by atoms with Crippen LogP contribution in [0, 0.1) is 11.8 Å². The van der Waals surface area contributed by atoms with Crippen molar-refractivity contribution in [1.29, 1.82) is 0 Å². The van der Waals surface area contributed by atoms with Crippen molar-refractivity contribution >= 4 is 29.8 Å². The van der Waals surface area contributed by atoms with Crippen molar-refractivity contribution in [2.45, 2.75) is 63.8 Å². The second-order valence-corrected chi connectivity index (χ2v) is 13.3. The molecule has 0 aromatic heterocycles. The molecule has 3 heterocycles. The Morgan fingerprint density at radius 2 is 1.66 bits per heavy atom. The number of nitrogens with zero attached hydrogens (tertiary/aromatic N) is 3. The zero-order valence-corrected chi connectivity index (χ0v) is 26.9. The Balaban J connectivity index is 1.52. The van der Waals surface area contributed by atoms with Gasteiger partial charge in [0.2, 0.25) is 5.91 Å². The highest BCUT2D eigenvalue weighted by molar-refractivity contribution is 5.96. The van der Waals surface area contributed by atoms with Gasteiger partial charge in [0.1, 0.15) is 12.2 Å². The van der Waals surface area contributed by atoms with Gasteiger partial charge in [-0.2, -0.15) is 13.2 Å². The van der Waals surface area contributed by atoms with Crippen molar-refractivity contribution in [3.63, 3.8) is 0 Å². The topological polar surface area (TPSA) is 106 Å². The van der Waals surface area contributed by atoms with Gasteiger partial charge in [0, 0.05) is 37.8 Å². The first-order valence-corrected chi connectivity index (χ1v) is 15.7. The summed E-state index contributed by atoms with van der Waals surface area (Å²) in [4.78, 5) is 57.1. The number of benzene rings is 2. The van der Waals surface area contributed by atoms with Gasteiger partial charge < -0.3 is 24.0 Å². The molecule has 0 saturated carbocycles. The molecule has 0 N–H and O–H groups in total. The van der Waals surface area contributed by atoms with Crippen LogP contribution in [0.15, 0.2) is 48.5 Å². The fourth-order valence-electron chi connectivity index (χ4n) is 6.62. The van der Waals surface area contributed by atoms with E-state index >= 15 is 0 Å². The monoisotopic (exact) mass is 659 g/mol. The molecule has 0 aliphatic carbocycles. The van der Waals surface area contributed by atoms with E-state index in [1.807, 2.05) is 30.3 Å². The largest absolute Gasteiger partial charge is 0.469 e. The number of hydrogen-bond donors (Lipinski definition) is 0. The predicted molar refractivity (Wildman–Crippen MR) is 165 cm³/mol. The van der Waals surface area contributed by atoms with Gasteiger partial charge in [0.25, 0.3) is 0 Å². The molecule has 3 saturated heterocycles. The summed E-state index contributed by atoms with van der Waals surface area (Å²) < 4.78 is 57.8. The van der Waals surface area contributed by atoms with Crippen molar-refractivity contribution in [3.05, 3.63) is 65.2 Å². The van der Waals surface area contributed by atoms with E-state index in [1.54, 1.807) is 25.7 Å². The number of hydrogen-bond acceptors (Lipinski definition) is 8. The molecule has 2 aromatic rings.